The molecule has 0 aromatic carbocycles. The van der Waals surface area contributed by atoms with E-state index in [1.807, 2.05) is 0 Å². The highest BCUT2D eigenvalue weighted by Crippen LogP contribution is 2.51. The third-order valence-electron chi connectivity index (χ3n) is 1.85. The van der Waals surface area contributed by atoms with Gasteiger partial charge in [-0.3, -0.25) is 0 Å². The zero-order valence-corrected chi connectivity index (χ0v) is 9.27. The Labute approximate surface area is 95.0 Å². The van der Waals surface area contributed by atoms with E-state index in [4.69, 9.17) is 55.9 Å². The molecule has 72 valence electrons. The molecule has 1 spiro atoms. The summed E-state index contributed by atoms with van der Waals surface area (Å²) in [6, 6.07) is 0. The maximum absolute atomic E-state index is 5.90. The maximum atomic E-state index is 5.90. The molecule has 0 aromatic heterocycles. The van der Waals surface area contributed by atoms with Gasteiger partial charge in [0.25, 0.3) is 0 Å². The van der Waals surface area contributed by atoms with Crippen molar-refractivity contribution in [2.75, 3.05) is 13.2 Å². The fourth-order valence-corrected chi connectivity index (χ4v) is 2.42. The number of hydrogen-bond donors (Lipinski definition) is 0. The molecule has 1 aliphatic carbocycles. The van der Waals surface area contributed by atoms with Crippen LogP contribution in [0.1, 0.15) is 0 Å². The zero-order valence-electron chi connectivity index (χ0n) is 6.24. The van der Waals surface area contributed by atoms with Gasteiger partial charge >= 0.3 is 0 Å². The molecule has 13 heavy (non-hydrogen) atoms. The number of rotatable bonds is 0. The van der Waals surface area contributed by atoms with Crippen molar-refractivity contribution in [3.8, 4) is 0 Å². The molecule has 1 aliphatic heterocycles. The first-order valence-electron chi connectivity index (χ1n) is 3.49. The first-order chi connectivity index (χ1) is 6.09. The Hall–Kier alpha value is 0.560. The highest BCUT2D eigenvalue weighted by molar-refractivity contribution is 6.53. The van der Waals surface area contributed by atoms with Crippen molar-refractivity contribution in [3.63, 3.8) is 0 Å². The minimum Gasteiger partial charge on any atom is -0.338 e. The summed E-state index contributed by atoms with van der Waals surface area (Å²) < 4.78 is 10.6. The summed E-state index contributed by atoms with van der Waals surface area (Å²) in [5, 5.41) is 0.772. The molecule has 0 N–H and O–H groups in total. The number of hydrogen-bond acceptors (Lipinski definition) is 2. The average molecular weight is 262 g/mol. The lowest BCUT2D eigenvalue weighted by Crippen LogP contribution is -2.29. The molecule has 1 heterocycles. The summed E-state index contributed by atoms with van der Waals surface area (Å²) in [4.78, 5) is 0. The Kier molecular flexibility index (Phi) is 2.56. The van der Waals surface area contributed by atoms with Crippen LogP contribution in [0.15, 0.2) is 20.1 Å². The van der Waals surface area contributed by atoms with Crippen LogP contribution in [-0.2, 0) is 9.47 Å². The van der Waals surface area contributed by atoms with Crippen LogP contribution in [0.4, 0.5) is 0 Å². The van der Waals surface area contributed by atoms with E-state index < -0.39 is 5.79 Å². The molecule has 0 atom stereocenters. The van der Waals surface area contributed by atoms with Crippen LogP contribution in [-0.4, -0.2) is 19.0 Å². The van der Waals surface area contributed by atoms with Crippen LogP contribution < -0.4 is 0 Å². The lowest BCUT2D eigenvalue weighted by Gasteiger charge is -2.22. The Bertz CT molecular complexity index is 288. The van der Waals surface area contributed by atoms with E-state index in [-0.39, 0.29) is 20.1 Å². The van der Waals surface area contributed by atoms with E-state index in [0.717, 1.165) is 0 Å². The van der Waals surface area contributed by atoms with Crippen LogP contribution in [0.5, 0.6) is 0 Å². The zero-order chi connectivity index (χ0) is 9.64. The first-order valence-corrected chi connectivity index (χ1v) is 5.00. The summed E-state index contributed by atoms with van der Waals surface area (Å²) in [6.07, 6.45) is 0. The Balaban J connectivity index is 2.51. The SMILES string of the molecule is ClC1=C(Cl)C2(OCCO2)C(Cl)=C1Cl. The van der Waals surface area contributed by atoms with Gasteiger partial charge in [-0.25, -0.2) is 0 Å². The average Bonchev–Trinajstić information content (AvgIpc) is 2.67. The van der Waals surface area contributed by atoms with Crippen LogP contribution >= 0.6 is 46.4 Å². The minimum absolute atomic E-state index is 0.190. The van der Waals surface area contributed by atoms with Crippen molar-refractivity contribution in [2.45, 2.75) is 5.79 Å². The molecule has 2 aliphatic rings. The van der Waals surface area contributed by atoms with Gasteiger partial charge in [0.15, 0.2) is 0 Å². The van der Waals surface area contributed by atoms with Crippen LogP contribution in [0, 0.1) is 0 Å². The molecule has 2 rings (SSSR count). The molecular formula is C7H4Cl4O2. The molecule has 2 nitrogen and oxygen atoms in total. The largest absolute Gasteiger partial charge is 0.338 e. The molecule has 1 fully saturated rings. The van der Waals surface area contributed by atoms with E-state index in [1.165, 1.54) is 0 Å². The van der Waals surface area contributed by atoms with Crippen molar-refractivity contribution < 1.29 is 9.47 Å². The predicted octanol–water partition coefficient (Wildman–Crippen LogP) is 3.12. The Morgan fingerprint density at radius 1 is 0.846 bits per heavy atom. The second kappa shape index (κ2) is 3.30. The molecule has 0 saturated carbocycles. The van der Waals surface area contributed by atoms with E-state index in [1.54, 1.807) is 0 Å². The van der Waals surface area contributed by atoms with Crippen LogP contribution in [0.2, 0.25) is 0 Å². The Morgan fingerprint density at radius 2 is 1.23 bits per heavy atom. The van der Waals surface area contributed by atoms with Crippen LogP contribution in [0.25, 0.3) is 0 Å². The molecule has 1 saturated heterocycles. The lowest BCUT2D eigenvalue weighted by atomic mass is 10.3. The van der Waals surface area contributed by atoms with Gasteiger partial charge in [-0.1, -0.05) is 46.4 Å². The molecule has 0 radical (unpaired) electrons. The predicted molar refractivity (Wildman–Crippen MR) is 52.1 cm³/mol. The number of allylic oxidation sites excluding steroid dienone is 2. The summed E-state index contributed by atoms with van der Waals surface area (Å²) in [5.74, 6) is -1.22. The topological polar surface area (TPSA) is 18.5 Å². The third-order valence-corrected chi connectivity index (χ3v) is 3.77. The fourth-order valence-electron chi connectivity index (χ4n) is 1.24. The minimum atomic E-state index is -1.22. The molecule has 0 aromatic rings. The van der Waals surface area contributed by atoms with Gasteiger partial charge in [0, 0.05) is 0 Å². The number of ether oxygens (including phenoxy) is 2. The van der Waals surface area contributed by atoms with E-state index >= 15 is 0 Å². The fraction of sp³-hybridized carbons (Fsp3) is 0.429. The van der Waals surface area contributed by atoms with E-state index in [0.29, 0.717) is 13.2 Å². The van der Waals surface area contributed by atoms with Gasteiger partial charge in [0.1, 0.15) is 10.1 Å². The second-order valence-corrected chi connectivity index (χ2v) is 4.08. The van der Waals surface area contributed by atoms with Gasteiger partial charge in [-0.05, 0) is 0 Å². The standard InChI is InChI=1S/C7H4Cl4O2/c8-3-4(9)6(11)7(5(3)10)12-1-2-13-7/h1-2H2. The summed E-state index contributed by atoms with van der Waals surface area (Å²) in [7, 11) is 0. The Morgan fingerprint density at radius 3 is 1.62 bits per heavy atom. The quantitative estimate of drug-likeness (QED) is 0.667. The molecule has 6 heteroatoms. The maximum Gasteiger partial charge on any atom is 0.247 e. The normalized spacial score (nSPS) is 26.8. The van der Waals surface area contributed by atoms with E-state index in [2.05, 4.69) is 0 Å². The van der Waals surface area contributed by atoms with Crippen molar-refractivity contribution in [1.82, 2.24) is 0 Å². The summed E-state index contributed by atoms with van der Waals surface area (Å²) >= 11 is 23.4. The highest BCUT2D eigenvalue weighted by atomic mass is 35.5. The monoisotopic (exact) mass is 260 g/mol. The molecule has 0 bridgehead atoms. The highest BCUT2D eigenvalue weighted by Gasteiger charge is 2.51. The third kappa shape index (κ3) is 1.24. The first kappa shape index (κ1) is 10.1. The van der Waals surface area contributed by atoms with Crippen molar-refractivity contribution in [2.24, 2.45) is 0 Å². The van der Waals surface area contributed by atoms with Gasteiger partial charge in [0.05, 0.1) is 23.3 Å². The number of halogens is 4. The van der Waals surface area contributed by atoms with Gasteiger partial charge in [-0.2, -0.15) is 0 Å². The molecule has 0 unspecified atom stereocenters. The van der Waals surface area contributed by atoms with Gasteiger partial charge in [0.2, 0.25) is 5.79 Å². The smallest absolute Gasteiger partial charge is 0.247 e. The lowest BCUT2D eigenvalue weighted by molar-refractivity contribution is -0.0802. The van der Waals surface area contributed by atoms with Gasteiger partial charge in [-0.15, -0.1) is 0 Å². The summed E-state index contributed by atoms with van der Waals surface area (Å²) in [5.41, 5.74) is 0. The van der Waals surface area contributed by atoms with E-state index in [9.17, 15) is 0 Å². The van der Waals surface area contributed by atoms with Crippen LogP contribution in [0.3, 0.4) is 0 Å². The second-order valence-electron chi connectivity index (χ2n) is 2.57. The van der Waals surface area contributed by atoms with Crippen molar-refractivity contribution >= 4 is 46.4 Å². The van der Waals surface area contributed by atoms with Crippen molar-refractivity contribution in [1.29, 1.82) is 0 Å². The summed E-state index contributed by atoms with van der Waals surface area (Å²) in [6.45, 7) is 0.835. The van der Waals surface area contributed by atoms with Gasteiger partial charge < -0.3 is 9.47 Å². The van der Waals surface area contributed by atoms with Crippen molar-refractivity contribution in [3.05, 3.63) is 20.1 Å². The molecule has 0 amide bonds. The molecular weight excluding hydrogens is 258 g/mol.